The molecule has 0 spiro atoms. The maximum atomic E-state index is 6.11. The molecule has 0 aromatic carbocycles. The van der Waals surface area contributed by atoms with E-state index in [1.807, 2.05) is 0 Å². The average molecular weight is 221 g/mol. The molecule has 1 heteroatoms. The zero-order valence-electron chi connectivity index (χ0n) is 11.1. The molecule has 1 nitrogen and oxygen atoms in total. The van der Waals surface area contributed by atoms with Crippen LogP contribution in [0, 0.1) is 17.3 Å². The maximum Gasteiger partial charge on any atom is 0.00766 e. The smallest absolute Gasteiger partial charge is 0.00766 e. The minimum Gasteiger partial charge on any atom is -0.327 e. The second-order valence-corrected chi connectivity index (χ2v) is 6.26. The molecule has 92 valence electrons. The van der Waals surface area contributed by atoms with E-state index in [0.29, 0.717) is 11.5 Å². The highest BCUT2D eigenvalue weighted by atomic mass is 14.7. The molecule has 0 saturated heterocycles. The number of hydrogen-bond acceptors (Lipinski definition) is 1. The summed E-state index contributed by atoms with van der Waals surface area (Å²) in [4.78, 5) is 0. The Balaban J connectivity index is 2.24. The van der Waals surface area contributed by atoms with Crippen LogP contribution in [-0.2, 0) is 0 Å². The van der Waals surface area contributed by atoms with Crippen LogP contribution in [0.25, 0.3) is 0 Å². The number of hydrogen-bond donors (Lipinski definition) is 1. The minimum absolute atomic E-state index is 0.426. The van der Waals surface area contributed by atoms with Gasteiger partial charge in [0.05, 0.1) is 0 Å². The molecule has 1 fully saturated rings. The highest BCUT2D eigenvalue weighted by molar-refractivity contribution is 5.23. The molecule has 0 bridgehead atoms. The molecule has 4 atom stereocenters. The van der Waals surface area contributed by atoms with Gasteiger partial charge in [-0.15, -0.1) is 0 Å². The van der Waals surface area contributed by atoms with E-state index in [1.165, 1.54) is 32.1 Å². The van der Waals surface area contributed by atoms with Gasteiger partial charge in [0.1, 0.15) is 0 Å². The van der Waals surface area contributed by atoms with Gasteiger partial charge >= 0.3 is 0 Å². The molecule has 0 aromatic rings. The lowest BCUT2D eigenvalue weighted by Crippen LogP contribution is -2.43. The van der Waals surface area contributed by atoms with E-state index in [1.54, 1.807) is 5.57 Å². The summed E-state index contributed by atoms with van der Waals surface area (Å²) in [5.74, 6) is 1.76. The molecule has 2 rings (SSSR count). The van der Waals surface area contributed by atoms with Crippen LogP contribution >= 0.6 is 0 Å². The van der Waals surface area contributed by atoms with Crippen molar-refractivity contribution in [2.75, 3.05) is 0 Å². The minimum atomic E-state index is 0.426. The molecule has 4 unspecified atom stereocenters. The number of nitrogens with two attached hydrogens (primary N) is 1. The van der Waals surface area contributed by atoms with Crippen molar-refractivity contribution >= 4 is 0 Å². The Labute approximate surface area is 100 Å². The lowest BCUT2D eigenvalue weighted by atomic mass is 9.56. The third-order valence-electron chi connectivity index (χ3n) is 5.09. The van der Waals surface area contributed by atoms with Gasteiger partial charge < -0.3 is 5.73 Å². The van der Waals surface area contributed by atoms with Crippen LogP contribution in [-0.4, -0.2) is 6.04 Å². The first-order valence-electron chi connectivity index (χ1n) is 7.03. The van der Waals surface area contributed by atoms with Crippen LogP contribution in [0.1, 0.15) is 59.3 Å². The highest BCUT2D eigenvalue weighted by Crippen LogP contribution is 2.53. The number of fused-ring (bicyclic) bond motifs is 1. The predicted molar refractivity (Wildman–Crippen MR) is 70.2 cm³/mol. The third-order valence-corrected chi connectivity index (χ3v) is 5.09. The molecule has 0 aliphatic heterocycles. The molecule has 0 amide bonds. The lowest BCUT2D eigenvalue weighted by Gasteiger charge is -2.50. The molecule has 0 radical (unpaired) electrons. The summed E-state index contributed by atoms with van der Waals surface area (Å²) in [5, 5.41) is 0. The van der Waals surface area contributed by atoms with Crippen LogP contribution in [0.2, 0.25) is 0 Å². The molecule has 0 aromatic heterocycles. The van der Waals surface area contributed by atoms with Crippen molar-refractivity contribution < 1.29 is 0 Å². The molecule has 2 N–H and O–H groups in total. The Kier molecular flexibility index (Phi) is 3.44. The fourth-order valence-corrected chi connectivity index (χ4v) is 4.04. The van der Waals surface area contributed by atoms with Crippen LogP contribution < -0.4 is 5.73 Å². The van der Waals surface area contributed by atoms with Crippen molar-refractivity contribution in [3.8, 4) is 0 Å². The quantitative estimate of drug-likeness (QED) is 0.703. The molecular weight excluding hydrogens is 194 g/mol. The summed E-state index contributed by atoms with van der Waals surface area (Å²) in [5.41, 5.74) is 8.27. The van der Waals surface area contributed by atoms with Crippen molar-refractivity contribution in [2.45, 2.75) is 65.3 Å². The summed E-state index contributed by atoms with van der Waals surface area (Å²) >= 11 is 0. The van der Waals surface area contributed by atoms with Gasteiger partial charge in [0.25, 0.3) is 0 Å². The standard InChI is InChI=1S/C15H27N/c1-4-5-14-11(2)6-7-12-10-13(16)8-9-15(12,14)3/h7,11,13-14H,4-6,8-10,16H2,1-3H3. The Morgan fingerprint density at radius 1 is 1.50 bits per heavy atom. The molecule has 0 heterocycles. The van der Waals surface area contributed by atoms with Crippen LogP contribution in [0.3, 0.4) is 0 Å². The lowest BCUT2D eigenvalue weighted by molar-refractivity contribution is 0.102. The van der Waals surface area contributed by atoms with E-state index in [4.69, 9.17) is 5.73 Å². The second-order valence-electron chi connectivity index (χ2n) is 6.26. The third kappa shape index (κ3) is 1.95. The Hall–Kier alpha value is -0.300. The zero-order valence-corrected chi connectivity index (χ0v) is 11.1. The van der Waals surface area contributed by atoms with Gasteiger partial charge in [0.15, 0.2) is 0 Å². The maximum absolute atomic E-state index is 6.11. The van der Waals surface area contributed by atoms with Crippen LogP contribution in [0.5, 0.6) is 0 Å². The van der Waals surface area contributed by atoms with Crippen molar-refractivity contribution in [2.24, 2.45) is 23.0 Å². The average Bonchev–Trinajstić information content (AvgIpc) is 2.25. The van der Waals surface area contributed by atoms with Crippen LogP contribution in [0.4, 0.5) is 0 Å². The van der Waals surface area contributed by atoms with Gasteiger partial charge in [-0.1, -0.05) is 38.8 Å². The highest BCUT2D eigenvalue weighted by Gasteiger charge is 2.44. The van der Waals surface area contributed by atoms with E-state index >= 15 is 0 Å². The van der Waals surface area contributed by atoms with Gasteiger partial charge in [-0.2, -0.15) is 0 Å². The van der Waals surface area contributed by atoms with E-state index in [2.05, 4.69) is 26.8 Å². The van der Waals surface area contributed by atoms with Crippen molar-refractivity contribution in [1.29, 1.82) is 0 Å². The van der Waals surface area contributed by atoms with E-state index in [0.717, 1.165) is 18.3 Å². The number of rotatable bonds is 2. The van der Waals surface area contributed by atoms with Gasteiger partial charge in [-0.05, 0) is 49.4 Å². The van der Waals surface area contributed by atoms with Crippen molar-refractivity contribution in [3.05, 3.63) is 11.6 Å². The molecular formula is C15H27N. The van der Waals surface area contributed by atoms with Crippen molar-refractivity contribution in [3.63, 3.8) is 0 Å². The van der Waals surface area contributed by atoms with Gasteiger partial charge in [-0.3, -0.25) is 0 Å². The molecule has 16 heavy (non-hydrogen) atoms. The molecule has 2 aliphatic carbocycles. The summed E-state index contributed by atoms with van der Waals surface area (Å²) in [6.07, 6.45) is 10.2. The monoisotopic (exact) mass is 221 g/mol. The Morgan fingerprint density at radius 2 is 2.25 bits per heavy atom. The summed E-state index contributed by atoms with van der Waals surface area (Å²) in [7, 11) is 0. The van der Waals surface area contributed by atoms with Gasteiger partial charge in [-0.25, -0.2) is 0 Å². The number of allylic oxidation sites excluding steroid dienone is 1. The first kappa shape index (κ1) is 12.2. The summed E-state index contributed by atoms with van der Waals surface area (Å²) in [6.45, 7) is 7.26. The normalized spacial score (nSPS) is 43.8. The SMILES string of the molecule is CCCC1C(C)CC=C2CC(N)CCC21C. The van der Waals surface area contributed by atoms with Gasteiger partial charge in [0.2, 0.25) is 0 Å². The Morgan fingerprint density at radius 3 is 2.94 bits per heavy atom. The van der Waals surface area contributed by atoms with Crippen LogP contribution in [0.15, 0.2) is 11.6 Å². The topological polar surface area (TPSA) is 26.0 Å². The van der Waals surface area contributed by atoms with Gasteiger partial charge in [0, 0.05) is 6.04 Å². The molecule has 1 saturated carbocycles. The zero-order chi connectivity index (χ0) is 11.8. The summed E-state index contributed by atoms with van der Waals surface area (Å²) in [6, 6.07) is 0.426. The second kappa shape index (κ2) is 4.52. The largest absolute Gasteiger partial charge is 0.327 e. The van der Waals surface area contributed by atoms with E-state index in [9.17, 15) is 0 Å². The Bertz CT molecular complexity index is 281. The molecule has 2 aliphatic rings. The van der Waals surface area contributed by atoms with Crippen molar-refractivity contribution in [1.82, 2.24) is 0 Å². The fraction of sp³-hybridized carbons (Fsp3) is 0.867. The first-order valence-corrected chi connectivity index (χ1v) is 7.03. The summed E-state index contributed by atoms with van der Waals surface area (Å²) < 4.78 is 0. The predicted octanol–water partition coefficient (Wildman–Crippen LogP) is 3.89. The fourth-order valence-electron chi connectivity index (χ4n) is 4.04. The van der Waals surface area contributed by atoms with E-state index in [-0.39, 0.29) is 0 Å². The first-order chi connectivity index (χ1) is 7.58. The van der Waals surface area contributed by atoms with E-state index < -0.39 is 0 Å².